The molecule has 2 amide bonds. The lowest BCUT2D eigenvalue weighted by atomic mass is 10.2. The number of aromatic hydroxyl groups is 1. The minimum atomic E-state index is -0.512. The molecule has 0 aliphatic heterocycles. The minimum Gasteiger partial charge on any atom is -0.508 e. The van der Waals surface area contributed by atoms with Gasteiger partial charge in [-0.2, -0.15) is 0 Å². The molecule has 0 aliphatic carbocycles. The van der Waals surface area contributed by atoms with E-state index in [1.54, 1.807) is 12.1 Å². The minimum absolute atomic E-state index is 0. The van der Waals surface area contributed by atoms with Crippen molar-refractivity contribution in [3.05, 3.63) is 29.8 Å². The Morgan fingerprint density at radius 1 is 1.00 bits per heavy atom. The first-order valence-corrected chi connectivity index (χ1v) is 9.77. The molecule has 1 aromatic carbocycles. The lowest BCUT2D eigenvalue weighted by Crippen LogP contribution is -2.41. The number of amides is 2. The van der Waals surface area contributed by atoms with Gasteiger partial charge in [0.1, 0.15) is 11.4 Å². The Labute approximate surface area is 195 Å². The molecule has 0 fully saturated rings. The van der Waals surface area contributed by atoms with Gasteiger partial charge < -0.3 is 31.1 Å². The van der Waals surface area contributed by atoms with Crippen LogP contribution in [0.1, 0.15) is 44.5 Å². The number of ether oxygens (including phenoxy) is 1. The van der Waals surface area contributed by atoms with Crippen LogP contribution < -0.4 is 21.3 Å². The highest BCUT2D eigenvalue weighted by atomic mass is 127. The third-order valence-electron chi connectivity index (χ3n) is 3.45. The first-order chi connectivity index (χ1) is 13.7. The molecule has 0 aliphatic rings. The van der Waals surface area contributed by atoms with Gasteiger partial charge >= 0.3 is 6.09 Å². The lowest BCUT2D eigenvalue weighted by molar-refractivity contribution is 0.0527. The summed E-state index contributed by atoms with van der Waals surface area (Å²) in [5, 5.41) is 21.0. The summed E-state index contributed by atoms with van der Waals surface area (Å²) >= 11 is 0. The monoisotopic (exact) mass is 535 g/mol. The third kappa shape index (κ3) is 13.1. The van der Waals surface area contributed by atoms with E-state index in [-0.39, 0.29) is 35.6 Å². The Morgan fingerprint density at radius 2 is 1.63 bits per heavy atom. The number of carbonyl (C=O) groups excluding carboxylic acids is 2. The van der Waals surface area contributed by atoms with Crippen LogP contribution in [0.3, 0.4) is 0 Å². The highest BCUT2D eigenvalue weighted by molar-refractivity contribution is 14.0. The lowest BCUT2D eigenvalue weighted by Gasteiger charge is -2.19. The van der Waals surface area contributed by atoms with Crippen LogP contribution in [0.15, 0.2) is 29.3 Å². The Bertz CT molecular complexity index is 675. The summed E-state index contributed by atoms with van der Waals surface area (Å²) in [7, 11) is 0. The van der Waals surface area contributed by atoms with Crippen LogP contribution in [0, 0.1) is 0 Å². The first kappa shape index (κ1) is 27.8. The summed E-state index contributed by atoms with van der Waals surface area (Å²) in [6, 6.07) is 6.07. The SMILES string of the molecule is CCNC(=NCCCNC(=O)OC(C)(C)C)NCCNC(=O)c1ccc(O)cc1.I. The van der Waals surface area contributed by atoms with E-state index in [0.29, 0.717) is 50.7 Å². The van der Waals surface area contributed by atoms with Gasteiger partial charge in [0.25, 0.3) is 5.91 Å². The van der Waals surface area contributed by atoms with Crippen molar-refractivity contribution >= 4 is 41.9 Å². The van der Waals surface area contributed by atoms with Crippen molar-refractivity contribution < 1.29 is 19.4 Å². The number of hydrogen-bond donors (Lipinski definition) is 5. The van der Waals surface area contributed by atoms with Crippen molar-refractivity contribution in [2.24, 2.45) is 4.99 Å². The van der Waals surface area contributed by atoms with Gasteiger partial charge in [0.2, 0.25) is 0 Å². The van der Waals surface area contributed by atoms with Gasteiger partial charge in [-0.05, 0) is 58.4 Å². The zero-order valence-corrected chi connectivity index (χ0v) is 20.4. The number of nitrogens with one attached hydrogen (secondary N) is 4. The molecule has 0 aromatic heterocycles. The predicted molar refractivity (Wildman–Crippen MR) is 129 cm³/mol. The molecule has 0 saturated heterocycles. The van der Waals surface area contributed by atoms with E-state index >= 15 is 0 Å². The van der Waals surface area contributed by atoms with Crippen LogP contribution in [0.2, 0.25) is 0 Å². The van der Waals surface area contributed by atoms with E-state index in [1.165, 1.54) is 12.1 Å². The average molecular weight is 535 g/mol. The molecule has 10 heteroatoms. The van der Waals surface area contributed by atoms with Crippen molar-refractivity contribution in [1.29, 1.82) is 0 Å². The zero-order valence-electron chi connectivity index (χ0n) is 18.1. The summed E-state index contributed by atoms with van der Waals surface area (Å²) in [5.74, 6) is 0.557. The number of phenols is 1. The normalized spacial score (nSPS) is 11.1. The van der Waals surface area contributed by atoms with Crippen LogP contribution >= 0.6 is 24.0 Å². The smallest absolute Gasteiger partial charge is 0.407 e. The molecule has 0 unspecified atom stereocenters. The van der Waals surface area contributed by atoms with Gasteiger partial charge in [-0.1, -0.05) is 0 Å². The summed E-state index contributed by atoms with van der Waals surface area (Å²) < 4.78 is 5.17. The first-order valence-electron chi connectivity index (χ1n) is 9.77. The van der Waals surface area contributed by atoms with E-state index in [9.17, 15) is 14.7 Å². The fourth-order valence-corrected chi connectivity index (χ4v) is 2.19. The standard InChI is InChI=1S/C20H33N5O4.HI/c1-5-21-18(23-11-6-12-25-19(28)29-20(2,3)4)24-14-13-22-17(27)15-7-9-16(26)10-8-15;/h7-10,26H,5-6,11-14H2,1-4H3,(H,22,27)(H,25,28)(H2,21,23,24);1H. The number of benzene rings is 1. The van der Waals surface area contributed by atoms with E-state index in [2.05, 4.69) is 26.3 Å². The molecule has 5 N–H and O–H groups in total. The number of hydrogen-bond acceptors (Lipinski definition) is 5. The van der Waals surface area contributed by atoms with Crippen molar-refractivity contribution in [3.8, 4) is 5.75 Å². The molecule has 0 bridgehead atoms. The Morgan fingerprint density at radius 3 is 2.23 bits per heavy atom. The van der Waals surface area contributed by atoms with Crippen molar-refractivity contribution in [3.63, 3.8) is 0 Å². The molecule has 0 radical (unpaired) electrons. The summed E-state index contributed by atoms with van der Waals surface area (Å²) in [4.78, 5) is 28.0. The highest BCUT2D eigenvalue weighted by Gasteiger charge is 2.15. The van der Waals surface area contributed by atoms with E-state index in [0.717, 1.165) is 0 Å². The number of rotatable bonds is 9. The fraction of sp³-hybridized carbons (Fsp3) is 0.550. The number of aliphatic imine (C=N–C) groups is 1. The molecular formula is C20H34IN5O4. The maximum Gasteiger partial charge on any atom is 0.407 e. The van der Waals surface area contributed by atoms with Crippen LogP contribution in [0.25, 0.3) is 0 Å². The Kier molecular flexibility index (Phi) is 13.6. The predicted octanol–water partition coefficient (Wildman–Crippen LogP) is 2.21. The number of alkyl carbamates (subject to hydrolysis) is 1. The van der Waals surface area contributed by atoms with Crippen LogP contribution in [-0.2, 0) is 4.74 Å². The molecule has 170 valence electrons. The molecule has 0 heterocycles. The number of carbonyl (C=O) groups is 2. The number of halogens is 1. The Hall–Kier alpha value is -2.24. The van der Waals surface area contributed by atoms with E-state index in [1.807, 2.05) is 27.7 Å². The van der Waals surface area contributed by atoms with Crippen LogP contribution in [0.4, 0.5) is 4.79 Å². The maximum absolute atomic E-state index is 12.0. The highest BCUT2D eigenvalue weighted by Crippen LogP contribution is 2.09. The molecule has 9 nitrogen and oxygen atoms in total. The second-order valence-corrected chi connectivity index (χ2v) is 7.27. The Balaban J connectivity index is 0.00000841. The van der Waals surface area contributed by atoms with Gasteiger partial charge in [-0.25, -0.2) is 4.79 Å². The largest absolute Gasteiger partial charge is 0.508 e. The zero-order chi connectivity index (χ0) is 21.7. The van der Waals surface area contributed by atoms with Crippen LogP contribution in [-0.4, -0.2) is 61.4 Å². The van der Waals surface area contributed by atoms with Gasteiger partial charge in [-0.15, -0.1) is 24.0 Å². The van der Waals surface area contributed by atoms with Crippen molar-refractivity contribution in [1.82, 2.24) is 21.3 Å². The van der Waals surface area contributed by atoms with E-state index in [4.69, 9.17) is 4.74 Å². The van der Waals surface area contributed by atoms with Crippen molar-refractivity contribution in [2.75, 3.05) is 32.7 Å². The third-order valence-corrected chi connectivity index (χ3v) is 3.45. The molecule has 1 aromatic rings. The summed E-state index contributed by atoms with van der Waals surface area (Å²) in [5.41, 5.74) is -0.0249. The van der Waals surface area contributed by atoms with Gasteiger partial charge in [0.05, 0.1) is 0 Å². The van der Waals surface area contributed by atoms with E-state index < -0.39 is 11.7 Å². The van der Waals surface area contributed by atoms with Crippen LogP contribution in [0.5, 0.6) is 5.75 Å². The summed E-state index contributed by atoms with van der Waals surface area (Å²) in [6.07, 6.45) is 0.240. The van der Waals surface area contributed by atoms with Gasteiger partial charge in [-0.3, -0.25) is 9.79 Å². The summed E-state index contributed by atoms with van der Waals surface area (Å²) in [6.45, 7) is 10.1. The quantitative estimate of drug-likeness (QED) is 0.143. The molecule has 0 saturated carbocycles. The topological polar surface area (TPSA) is 124 Å². The second kappa shape index (κ2) is 14.7. The second-order valence-electron chi connectivity index (χ2n) is 7.27. The van der Waals surface area contributed by atoms with Gasteiger partial charge in [0.15, 0.2) is 5.96 Å². The molecule has 0 atom stereocenters. The molecule has 1 rings (SSSR count). The van der Waals surface area contributed by atoms with Crippen molar-refractivity contribution in [2.45, 2.75) is 39.7 Å². The maximum atomic E-state index is 12.0. The fourth-order valence-electron chi connectivity index (χ4n) is 2.19. The number of phenolic OH excluding ortho intramolecular Hbond substituents is 1. The molecule has 0 spiro atoms. The van der Waals surface area contributed by atoms with Gasteiger partial charge in [0, 0.05) is 38.3 Å². The average Bonchev–Trinajstić information content (AvgIpc) is 2.63. The number of nitrogens with zero attached hydrogens (tertiary/aromatic N) is 1. The molecule has 30 heavy (non-hydrogen) atoms. The molecular weight excluding hydrogens is 501 g/mol. The number of guanidine groups is 1.